The maximum atomic E-state index is 13.4. The minimum atomic E-state index is -2.23. The fraction of sp³-hybridized carbons (Fsp3) is 0.420. The zero-order valence-corrected chi connectivity index (χ0v) is 37.9. The van der Waals surface area contributed by atoms with Crippen LogP contribution in [-0.2, 0) is 20.6 Å². The molecule has 4 N–H and O–H groups in total. The molecule has 12 heteroatoms. The largest absolute Gasteiger partial charge is 0.487 e. The monoisotopic (exact) mass is 857 g/mol. The Morgan fingerprint density at radius 2 is 1.56 bits per heavy atom. The fourth-order valence-electron chi connectivity index (χ4n) is 8.30. The van der Waals surface area contributed by atoms with Gasteiger partial charge >= 0.3 is 6.09 Å². The number of nitrogens with zero attached hydrogens (tertiary/aromatic N) is 1. The second kappa shape index (κ2) is 20.3. The third-order valence-corrected chi connectivity index (χ3v) is 17.4. The average molecular weight is 858 g/mol. The van der Waals surface area contributed by atoms with Gasteiger partial charge in [-0.15, -0.1) is 0 Å². The van der Waals surface area contributed by atoms with E-state index >= 15 is 0 Å². The summed E-state index contributed by atoms with van der Waals surface area (Å²) < 4.78 is 19.2. The highest BCUT2D eigenvalue weighted by atomic mass is 28.4. The minimum Gasteiger partial charge on any atom is -0.487 e. The van der Waals surface area contributed by atoms with E-state index in [0.717, 1.165) is 85.1 Å². The highest BCUT2D eigenvalue weighted by Crippen LogP contribution is 2.41. The van der Waals surface area contributed by atoms with Crippen LogP contribution in [-0.4, -0.2) is 75.1 Å². The zero-order chi connectivity index (χ0) is 43.7. The van der Waals surface area contributed by atoms with Gasteiger partial charge in [-0.25, -0.2) is 4.79 Å². The van der Waals surface area contributed by atoms with Crippen molar-refractivity contribution in [3.8, 4) is 16.9 Å². The Morgan fingerprint density at radius 1 is 0.855 bits per heavy atom. The van der Waals surface area contributed by atoms with Gasteiger partial charge in [-0.1, -0.05) is 106 Å². The van der Waals surface area contributed by atoms with Crippen LogP contribution in [0.4, 0.5) is 10.5 Å². The van der Waals surface area contributed by atoms with E-state index in [9.17, 15) is 14.4 Å². The molecule has 0 spiro atoms. The van der Waals surface area contributed by atoms with E-state index in [1.54, 1.807) is 6.07 Å². The Hall–Kier alpha value is -5.27. The van der Waals surface area contributed by atoms with Crippen LogP contribution in [0.1, 0.15) is 70.1 Å². The first-order chi connectivity index (χ1) is 29.8. The summed E-state index contributed by atoms with van der Waals surface area (Å²) in [5, 5.41) is 10.8. The van der Waals surface area contributed by atoms with Crippen molar-refractivity contribution in [1.29, 1.82) is 0 Å². The van der Waals surface area contributed by atoms with E-state index in [-0.39, 0.29) is 40.7 Å². The summed E-state index contributed by atoms with van der Waals surface area (Å²) in [7, 11) is -2.23. The third-order valence-electron chi connectivity index (χ3n) is 12.9. The number of para-hydroxylation sites is 1. The lowest BCUT2D eigenvalue weighted by Gasteiger charge is -2.40. The molecule has 328 valence electrons. The molecule has 5 aromatic rings. The van der Waals surface area contributed by atoms with E-state index < -0.39 is 14.4 Å². The van der Waals surface area contributed by atoms with Crippen molar-refractivity contribution in [2.45, 2.75) is 95.9 Å². The minimum absolute atomic E-state index is 0.0128. The second-order valence-electron chi connectivity index (χ2n) is 18.3. The number of nitrogens with one attached hydrogen (secondary N) is 4. The van der Waals surface area contributed by atoms with E-state index in [4.69, 9.17) is 13.9 Å². The quantitative estimate of drug-likeness (QED) is 0.0722. The SMILES string of the molecule is CC(C)(C)[Si](C)(C)O[C@@H](CN[C@H]1CC[C@@H](C(=O)NCCN2CCC(OC(=O)Nc3ccccc3-c3ccccc3)CC2)C1)c1ccc(OCc2ccccc2)c2[nH]c(=O)ccc12. The molecule has 2 amide bonds. The van der Waals surface area contributed by atoms with Crippen LogP contribution in [0.3, 0.4) is 0 Å². The summed E-state index contributed by atoms with van der Waals surface area (Å²) in [6.07, 6.45) is 3.13. The molecule has 0 unspecified atom stereocenters. The van der Waals surface area contributed by atoms with Crippen molar-refractivity contribution in [1.82, 2.24) is 20.5 Å². The van der Waals surface area contributed by atoms with E-state index in [2.05, 4.69) is 65.8 Å². The number of ether oxygens (including phenoxy) is 2. The van der Waals surface area contributed by atoms with Crippen molar-refractivity contribution < 1.29 is 23.5 Å². The van der Waals surface area contributed by atoms with Gasteiger partial charge in [0.15, 0.2) is 8.32 Å². The summed E-state index contributed by atoms with van der Waals surface area (Å²) in [6, 6.07) is 35.3. The number of piperidine rings is 1. The van der Waals surface area contributed by atoms with Crippen LogP contribution >= 0.6 is 0 Å². The molecule has 11 nitrogen and oxygen atoms in total. The van der Waals surface area contributed by atoms with Crippen molar-refractivity contribution in [2.75, 3.05) is 38.0 Å². The maximum Gasteiger partial charge on any atom is 0.411 e. The Kier molecular flexibility index (Phi) is 14.6. The van der Waals surface area contributed by atoms with Crippen LogP contribution in [0.25, 0.3) is 22.0 Å². The molecule has 1 aromatic heterocycles. The van der Waals surface area contributed by atoms with Crippen molar-refractivity contribution >= 4 is 36.9 Å². The first-order valence-corrected chi connectivity index (χ1v) is 25.1. The maximum absolute atomic E-state index is 13.4. The Bertz CT molecular complexity index is 2320. The van der Waals surface area contributed by atoms with E-state index in [1.165, 1.54) is 0 Å². The Balaban J connectivity index is 0.886. The summed E-state index contributed by atoms with van der Waals surface area (Å²) >= 11 is 0. The predicted molar refractivity (Wildman–Crippen MR) is 250 cm³/mol. The normalized spacial score (nSPS) is 18.0. The number of aromatic nitrogens is 1. The number of fused-ring (bicyclic) bond motifs is 1. The van der Waals surface area contributed by atoms with E-state index in [1.807, 2.05) is 97.1 Å². The number of hydrogen-bond acceptors (Lipinski definition) is 8. The molecular weight excluding hydrogens is 795 g/mol. The number of H-pyrrole nitrogens is 1. The molecule has 1 aliphatic carbocycles. The number of rotatable bonds is 16. The number of benzene rings is 4. The Morgan fingerprint density at radius 3 is 2.31 bits per heavy atom. The van der Waals surface area contributed by atoms with Crippen LogP contribution in [0.5, 0.6) is 5.75 Å². The van der Waals surface area contributed by atoms with Crippen molar-refractivity contribution in [3.63, 3.8) is 0 Å². The number of pyridine rings is 1. The van der Waals surface area contributed by atoms with Gasteiger partial charge < -0.3 is 34.4 Å². The van der Waals surface area contributed by atoms with Gasteiger partial charge in [-0.2, -0.15) is 0 Å². The van der Waals surface area contributed by atoms with Crippen LogP contribution in [0.2, 0.25) is 18.1 Å². The molecule has 3 atom stereocenters. The van der Waals surface area contributed by atoms with Gasteiger partial charge in [-0.3, -0.25) is 14.9 Å². The molecule has 4 aromatic carbocycles. The van der Waals surface area contributed by atoms with Crippen LogP contribution in [0.15, 0.2) is 114 Å². The molecule has 2 fully saturated rings. The number of carbonyl (C=O) groups is 2. The number of carbonyl (C=O) groups excluding carboxylic acids is 2. The Labute approximate surface area is 367 Å². The first kappa shape index (κ1) is 44.8. The van der Waals surface area contributed by atoms with Gasteiger partial charge in [0, 0.05) is 61.7 Å². The van der Waals surface area contributed by atoms with Gasteiger partial charge in [0.1, 0.15) is 18.5 Å². The molecular formula is C50H63N5O6Si. The molecule has 2 heterocycles. The molecule has 2 aliphatic rings. The van der Waals surface area contributed by atoms with Crippen molar-refractivity contribution in [3.05, 3.63) is 131 Å². The summed E-state index contributed by atoms with van der Waals surface area (Å²) in [6.45, 7) is 15.2. The highest BCUT2D eigenvalue weighted by molar-refractivity contribution is 6.74. The standard InChI is InChI=1S/C50H63N5O6Si/c1-50(2,3)62(4,5)61-45(41-22-24-44(47-42(41)23-25-46(56)54-47)59-34-35-14-8-6-9-15-35)33-52-38-21-20-37(32-38)48(57)51-28-31-55-29-26-39(27-30-55)60-49(58)53-43-19-13-12-18-40(43)36-16-10-7-11-17-36/h6-19,22-25,37-39,45,52H,20-21,26-34H2,1-5H3,(H,51,57)(H,53,58)(H,54,56)/t37-,38+,45+/m1/s1. The smallest absolute Gasteiger partial charge is 0.411 e. The van der Waals surface area contributed by atoms with Gasteiger partial charge in [-0.05, 0) is 85.1 Å². The predicted octanol–water partition coefficient (Wildman–Crippen LogP) is 9.42. The number of aromatic amines is 1. The topological polar surface area (TPSA) is 134 Å². The van der Waals surface area contributed by atoms with E-state index in [0.29, 0.717) is 31.0 Å². The fourth-order valence-corrected chi connectivity index (χ4v) is 9.57. The van der Waals surface area contributed by atoms with Gasteiger partial charge in [0.05, 0.1) is 17.3 Å². The lowest BCUT2D eigenvalue weighted by atomic mass is 10.0. The second-order valence-corrected chi connectivity index (χ2v) is 23.1. The van der Waals surface area contributed by atoms with Crippen LogP contribution in [0, 0.1) is 5.92 Å². The first-order valence-electron chi connectivity index (χ1n) is 22.2. The summed E-state index contributed by atoms with van der Waals surface area (Å²) in [5.41, 5.74) is 5.22. The number of likely N-dealkylation sites (tertiary alicyclic amines) is 1. The number of hydrogen-bond donors (Lipinski definition) is 4. The summed E-state index contributed by atoms with van der Waals surface area (Å²) in [5.74, 6) is 0.674. The van der Waals surface area contributed by atoms with Gasteiger partial charge in [0.25, 0.3) is 0 Å². The molecule has 1 aliphatic heterocycles. The van der Waals surface area contributed by atoms with Crippen LogP contribution < -0.4 is 26.2 Å². The third kappa shape index (κ3) is 11.6. The molecule has 1 saturated heterocycles. The molecule has 1 saturated carbocycles. The molecule has 62 heavy (non-hydrogen) atoms. The van der Waals surface area contributed by atoms with Crippen molar-refractivity contribution in [2.24, 2.45) is 5.92 Å². The average Bonchev–Trinajstić information content (AvgIpc) is 3.75. The molecule has 7 rings (SSSR count). The lowest BCUT2D eigenvalue weighted by Crippen LogP contribution is -2.44. The lowest BCUT2D eigenvalue weighted by molar-refractivity contribution is -0.124. The number of amides is 2. The molecule has 0 radical (unpaired) electrons. The molecule has 0 bridgehead atoms. The number of anilines is 1. The zero-order valence-electron chi connectivity index (χ0n) is 36.9. The van der Waals surface area contributed by atoms with Gasteiger partial charge in [0.2, 0.25) is 11.5 Å². The highest BCUT2D eigenvalue weighted by Gasteiger charge is 2.40. The summed E-state index contributed by atoms with van der Waals surface area (Å²) in [4.78, 5) is 44.3.